The van der Waals surface area contributed by atoms with E-state index < -0.39 is 16.6 Å². The van der Waals surface area contributed by atoms with Gasteiger partial charge >= 0.3 is 0 Å². The summed E-state index contributed by atoms with van der Waals surface area (Å²) < 4.78 is 27.0. The molecule has 1 N–H and O–H groups in total. The number of rotatable bonds is 5. The number of amides is 1. The first-order valence-corrected chi connectivity index (χ1v) is 15.8. The fourth-order valence-corrected chi connectivity index (χ4v) is 5.88. The summed E-state index contributed by atoms with van der Waals surface area (Å²) in [7, 11) is -0.679. The maximum atomic E-state index is 14.0. The first-order valence-electron chi connectivity index (χ1n) is 13.4. The molecule has 40 heavy (non-hydrogen) atoms. The molecule has 1 saturated heterocycles. The number of aromatic nitrogens is 3. The number of nitrogens with one attached hydrogen (secondary N) is 1. The topological polar surface area (TPSA) is 104 Å². The van der Waals surface area contributed by atoms with Crippen molar-refractivity contribution in [3.05, 3.63) is 60.3 Å². The molecule has 2 aromatic heterocycles. The van der Waals surface area contributed by atoms with Crippen molar-refractivity contribution in [2.45, 2.75) is 39.0 Å². The highest BCUT2D eigenvalue weighted by molar-refractivity contribution is 7.85. The smallest absolute Gasteiger partial charge is 0.223 e. The van der Waals surface area contributed by atoms with E-state index in [1.807, 2.05) is 25.1 Å². The van der Waals surface area contributed by atoms with Gasteiger partial charge in [0, 0.05) is 58.8 Å². The Kier molecular flexibility index (Phi) is 12.6. The number of benzene rings is 1. The summed E-state index contributed by atoms with van der Waals surface area (Å²) in [6.45, 7) is 3.70. The molecule has 0 unspecified atom stereocenters. The third kappa shape index (κ3) is 8.38. The van der Waals surface area contributed by atoms with Crippen LogP contribution in [0.2, 0.25) is 0 Å². The Bertz CT molecular complexity index is 1290. The van der Waals surface area contributed by atoms with Crippen LogP contribution in [0.4, 0.5) is 10.1 Å². The Labute approximate surface area is 243 Å². The molecule has 2 fully saturated rings. The maximum Gasteiger partial charge on any atom is 0.223 e. The van der Waals surface area contributed by atoms with Gasteiger partial charge in [0.25, 0.3) is 0 Å². The van der Waals surface area contributed by atoms with Crippen molar-refractivity contribution in [2.75, 3.05) is 42.3 Å². The van der Waals surface area contributed by atoms with E-state index in [0.29, 0.717) is 0 Å². The van der Waals surface area contributed by atoms with Crippen LogP contribution in [0, 0.1) is 30.0 Å². The Morgan fingerprint density at radius 1 is 1.15 bits per heavy atom. The SMILES string of the molecule is CS.Cc1c(-c2ccc(N3CCS(=O)CC3)cc2)cnn1-c1ncccc1F.N#CCNC(=O)C1CCCCC1. The molecule has 8 nitrogen and oxygen atoms in total. The van der Waals surface area contributed by atoms with Gasteiger partial charge in [-0.25, -0.2) is 14.1 Å². The Hall–Kier alpha value is -3.23. The van der Waals surface area contributed by atoms with Crippen molar-refractivity contribution in [2.24, 2.45) is 5.92 Å². The van der Waals surface area contributed by atoms with Crippen molar-refractivity contribution in [3.63, 3.8) is 0 Å². The molecule has 1 saturated carbocycles. The van der Waals surface area contributed by atoms with Gasteiger partial charge < -0.3 is 10.2 Å². The number of pyridine rings is 1. The van der Waals surface area contributed by atoms with Crippen LogP contribution >= 0.6 is 12.6 Å². The fraction of sp³-hybridized carbons (Fsp3) is 0.448. The van der Waals surface area contributed by atoms with Gasteiger partial charge in [0.2, 0.25) is 5.91 Å². The van der Waals surface area contributed by atoms with E-state index in [1.165, 1.54) is 17.2 Å². The number of carbonyl (C=O) groups excluding carboxylic acids is 1. The number of nitrogens with zero attached hydrogens (tertiary/aromatic N) is 5. The summed E-state index contributed by atoms with van der Waals surface area (Å²) in [6, 6.07) is 13.1. The molecule has 3 heterocycles. The standard InChI is InChI=1S/C19H19FN4OS.C9H14N2O.CH4S/c1-14-17(13-22-24(14)19-18(20)3-2-8-21-19)15-4-6-16(7-5-15)23-9-11-26(25)12-10-23;10-6-7-11-9(12)8-4-2-1-3-5-8;1-2/h2-8,13H,9-12H2,1H3;8H,1-5,7H2,(H,11,12);2H,1H3. The van der Waals surface area contributed by atoms with Crippen molar-refractivity contribution in [1.29, 1.82) is 5.26 Å². The van der Waals surface area contributed by atoms with Crippen LogP contribution in [0.5, 0.6) is 0 Å². The minimum atomic E-state index is -0.679. The zero-order chi connectivity index (χ0) is 28.9. The van der Waals surface area contributed by atoms with Crippen LogP contribution in [0.25, 0.3) is 16.9 Å². The number of hydrogen-bond acceptors (Lipinski definition) is 7. The lowest BCUT2D eigenvalue weighted by Crippen LogP contribution is -2.37. The molecule has 11 heteroatoms. The van der Waals surface area contributed by atoms with Crippen molar-refractivity contribution >= 4 is 35.0 Å². The van der Waals surface area contributed by atoms with E-state index in [0.717, 1.165) is 72.8 Å². The van der Waals surface area contributed by atoms with Crippen LogP contribution in [-0.2, 0) is 15.6 Å². The summed E-state index contributed by atoms with van der Waals surface area (Å²) in [4.78, 5) is 17.6. The van der Waals surface area contributed by atoms with Gasteiger partial charge in [0.15, 0.2) is 11.6 Å². The molecular formula is C29H37FN6O2S2. The van der Waals surface area contributed by atoms with Gasteiger partial charge in [0.1, 0.15) is 6.54 Å². The second-order valence-electron chi connectivity index (χ2n) is 9.46. The van der Waals surface area contributed by atoms with E-state index in [1.54, 1.807) is 24.7 Å². The Morgan fingerprint density at radius 3 is 2.45 bits per heavy atom. The first kappa shape index (κ1) is 31.3. The second kappa shape index (κ2) is 16.1. The molecule has 214 valence electrons. The number of carbonyl (C=O) groups is 1. The highest BCUT2D eigenvalue weighted by Gasteiger charge is 2.20. The summed E-state index contributed by atoms with van der Waals surface area (Å²) in [5, 5.41) is 15.2. The van der Waals surface area contributed by atoms with Gasteiger partial charge in [-0.1, -0.05) is 31.4 Å². The van der Waals surface area contributed by atoms with Crippen molar-refractivity contribution < 1.29 is 13.4 Å². The molecule has 0 spiro atoms. The molecular weight excluding hydrogens is 547 g/mol. The molecule has 1 aromatic carbocycles. The van der Waals surface area contributed by atoms with E-state index in [9.17, 15) is 13.4 Å². The lowest BCUT2D eigenvalue weighted by Gasteiger charge is -2.28. The predicted molar refractivity (Wildman–Crippen MR) is 162 cm³/mol. The second-order valence-corrected chi connectivity index (χ2v) is 11.2. The number of halogens is 1. The Balaban J connectivity index is 0.000000265. The zero-order valence-corrected chi connectivity index (χ0v) is 24.8. The third-order valence-corrected chi connectivity index (χ3v) is 8.26. The molecule has 1 amide bonds. The van der Waals surface area contributed by atoms with Crippen LogP contribution in [0.3, 0.4) is 0 Å². The molecule has 0 bridgehead atoms. The van der Waals surface area contributed by atoms with Gasteiger partial charge in [-0.3, -0.25) is 9.00 Å². The number of anilines is 1. The van der Waals surface area contributed by atoms with Gasteiger partial charge in [-0.2, -0.15) is 23.0 Å². The van der Waals surface area contributed by atoms with Crippen LogP contribution in [-0.4, -0.2) is 62.3 Å². The predicted octanol–water partition coefficient (Wildman–Crippen LogP) is 4.70. The highest BCUT2D eigenvalue weighted by atomic mass is 32.2. The quantitative estimate of drug-likeness (QED) is 0.333. The van der Waals surface area contributed by atoms with E-state index in [-0.39, 0.29) is 24.2 Å². The van der Waals surface area contributed by atoms with Gasteiger partial charge in [0.05, 0.1) is 18.0 Å². The lowest BCUT2D eigenvalue weighted by molar-refractivity contribution is -0.125. The molecule has 0 radical (unpaired) electrons. The normalized spacial score (nSPS) is 15.6. The monoisotopic (exact) mass is 584 g/mol. The Morgan fingerprint density at radius 2 is 1.82 bits per heavy atom. The minimum Gasteiger partial charge on any atom is -0.370 e. The molecule has 0 atom stereocenters. The zero-order valence-electron chi connectivity index (χ0n) is 23.1. The van der Waals surface area contributed by atoms with E-state index in [2.05, 4.69) is 45.1 Å². The summed E-state index contributed by atoms with van der Waals surface area (Å²) >= 11 is 3.53. The number of hydrogen-bond donors (Lipinski definition) is 2. The molecule has 5 rings (SSSR count). The number of nitriles is 1. The summed E-state index contributed by atoms with van der Waals surface area (Å²) in [5.74, 6) is 1.49. The van der Waals surface area contributed by atoms with E-state index in [4.69, 9.17) is 5.26 Å². The molecule has 1 aliphatic carbocycles. The lowest BCUT2D eigenvalue weighted by atomic mass is 9.89. The van der Waals surface area contributed by atoms with Gasteiger partial charge in [-0.15, -0.1) is 0 Å². The third-order valence-electron chi connectivity index (χ3n) is 6.99. The molecule has 1 aliphatic heterocycles. The minimum absolute atomic E-state index is 0.0660. The number of thiol groups is 1. The average Bonchev–Trinajstić information content (AvgIpc) is 3.39. The van der Waals surface area contributed by atoms with Crippen molar-refractivity contribution in [3.8, 4) is 23.0 Å². The van der Waals surface area contributed by atoms with Crippen LogP contribution in [0.1, 0.15) is 37.8 Å². The average molecular weight is 585 g/mol. The van der Waals surface area contributed by atoms with Crippen LogP contribution in [0.15, 0.2) is 48.8 Å². The maximum absolute atomic E-state index is 14.0. The molecule has 2 aliphatic rings. The summed E-state index contributed by atoms with van der Waals surface area (Å²) in [6.07, 6.45) is 10.5. The van der Waals surface area contributed by atoms with Gasteiger partial charge in [-0.05, 0) is 55.9 Å². The van der Waals surface area contributed by atoms with Crippen LogP contribution < -0.4 is 10.2 Å². The largest absolute Gasteiger partial charge is 0.370 e. The van der Waals surface area contributed by atoms with E-state index >= 15 is 0 Å². The first-order chi connectivity index (χ1) is 19.5. The summed E-state index contributed by atoms with van der Waals surface area (Å²) in [5.41, 5.74) is 3.94. The van der Waals surface area contributed by atoms with Crippen molar-refractivity contribution in [1.82, 2.24) is 20.1 Å². The highest BCUT2D eigenvalue weighted by Crippen LogP contribution is 2.28. The molecule has 3 aromatic rings. The fourth-order valence-electron chi connectivity index (χ4n) is 4.82.